The highest BCUT2D eigenvalue weighted by atomic mass is 35.5. The van der Waals surface area contributed by atoms with Gasteiger partial charge in [-0.1, -0.05) is 29.9 Å². The molecule has 4 N–H and O–H groups in total. The number of aromatic amines is 1. The van der Waals surface area contributed by atoms with Crippen LogP contribution in [0.5, 0.6) is 0 Å². The van der Waals surface area contributed by atoms with Crippen molar-refractivity contribution in [2.45, 2.75) is 31.9 Å². The van der Waals surface area contributed by atoms with E-state index in [0.717, 1.165) is 11.3 Å². The first-order valence-electron chi connectivity index (χ1n) is 9.58. The highest BCUT2D eigenvalue weighted by Gasteiger charge is 2.34. The Balaban J connectivity index is 1.72. The van der Waals surface area contributed by atoms with Crippen molar-refractivity contribution in [3.63, 3.8) is 0 Å². The summed E-state index contributed by atoms with van der Waals surface area (Å²) in [6.07, 6.45) is 0.772. The van der Waals surface area contributed by atoms with Crippen LogP contribution in [0.4, 0.5) is 5.13 Å². The van der Waals surface area contributed by atoms with Gasteiger partial charge in [-0.05, 0) is 12.8 Å². The number of methoxy groups -OCH3 is 1. The Morgan fingerprint density at radius 1 is 1.35 bits per heavy atom. The Morgan fingerprint density at radius 2 is 2.10 bits per heavy atom. The molecule has 31 heavy (non-hydrogen) atoms. The van der Waals surface area contributed by atoms with Gasteiger partial charge in [0, 0.05) is 27.2 Å². The second kappa shape index (κ2) is 9.62. The van der Waals surface area contributed by atoms with Gasteiger partial charge in [0.15, 0.2) is 21.8 Å². The van der Waals surface area contributed by atoms with Crippen molar-refractivity contribution in [1.29, 1.82) is 0 Å². The predicted octanol–water partition coefficient (Wildman–Crippen LogP) is 1.16. The Kier molecular flexibility index (Phi) is 7.13. The van der Waals surface area contributed by atoms with Crippen LogP contribution in [0.3, 0.4) is 0 Å². The zero-order chi connectivity index (χ0) is 22.7. The first kappa shape index (κ1) is 23.0. The van der Waals surface area contributed by atoms with E-state index in [1.54, 1.807) is 0 Å². The lowest BCUT2D eigenvalue weighted by molar-refractivity contribution is 0.0538. The standard InChI is InChI=1S/C18H23ClN6O5S/c1-4-8-13(19)24-14(21-8)16(27)22-9-5-6-25(7-10(9)30-3)18-23-11(15(26)20-2)12(31-18)17(28)29/h9-10H,4-7H2,1-3H3,(H,20,26)(H,21,24)(H,22,27)(H,28,29)/t9-,10+/m0/s1. The van der Waals surface area contributed by atoms with Gasteiger partial charge in [-0.15, -0.1) is 0 Å². The third-order valence-electron chi connectivity index (χ3n) is 5.00. The Labute approximate surface area is 187 Å². The van der Waals surface area contributed by atoms with Crippen LogP contribution >= 0.6 is 22.9 Å². The molecule has 0 spiro atoms. The molecule has 1 aliphatic rings. The largest absolute Gasteiger partial charge is 0.477 e. The summed E-state index contributed by atoms with van der Waals surface area (Å²) in [5.74, 6) is -2.02. The third-order valence-corrected chi connectivity index (χ3v) is 6.41. The topological polar surface area (TPSA) is 150 Å². The van der Waals surface area contributed by atoms with Crippen LogP contribution in [-0.4, -0.2) is 77.2 Å². The molecule has 0 aliphatic carbocycles. The van der Waals surface area contributed by atoms with E-state index in [1.165, 1.54) is 14.2 Å². The van der Waals surface area contributed by atoms with Crippen LogP contribution in [0.1, 0.15) is 49.8 Å². The summed E-state index contributed by atoms with van der Waals surface area (Å²) >= 11 is 6.95. The van der Waals surface area contributed by atoms with Crippen LogP contribution in [0, 0.1) is 0 Å². The molecule has 3 rings (SSSR count). The van der Waals surface area contributed by atoms with Crippen LogP contribution in [-0.2, 0) is 11.2 Å². The van der Waals surface area contributed by atoms with E-state index < -0.39 is 11.9 Å². The number of H-pyrrole nitrogens is 1. The van der Waals surface area contributed by atoms with Crippen molar-refractivity contribution in [2.24, 2.45) is 0 Å². The summed E-state index contributed by atoms with van der Waals surface area (Å²) in [7, 11) is 2.95. The fourth-order valence-corrected chi connectivity index (χ4v) is 4.52. The Bertz CT molecular complexity index is 992. The maximum atomic E-state index is 12.6. The molecule has 0 saturated carbocycles. The molecule has 11 nitrogen and oxygen atoms in total. The number of imidazole rings is 1. The maximum Gasteiger partial charge on any atom is 0.348 e. The average molecular weight is 471 g/mol. The van der Waals surface area contributed by atoms with E-state index in [2.05, 4.69) is 25.6 Å². The molecule has 2 aromatic heterocycles. The minimum atomic E-state index is -1.21. The smallest absolute Gasteiger partial charge is 0.348 e. The summed E-state index contributed by atoms with van der Waals surface area (Å²) in [6.45, 7) is 2.76. The van der Waals surface area contributed by atoms with E-state index in [1.807, 2.05) is 11.8 Å². The summed E-state index contributed by atoms with van der Waals surface area (Å²) in [6, 6.07) is -0.292. The van der Waals surface area contributed by atoms with Crippen molar-refractivity contribution in [2.75, 3.05) is 32.1 Å². The number of aromatic nitrogens is 3. The van der Waals surface area contributed by atoms with Gasteiger partial charge in [0.2, 0.25) is 0 Å². The van der Waals surface area contributed by atoms with Crippen molar-refractivity contribution in [3.05, 3.63) is 27.2 Å². The number of piperidine rings is 1. The molecule has 2 aromatic rings. The number of carbonyl (C=O) groups excluding carboxylic acids is 2. The molecule has 1 aliphatic heterocycles. The molecule has 2 amide bonds. The molecule has 3 heterocycles. The molecule has 1 fully saturated rings. The lowest BCUT2D eigenvalue weighted by atomic mass is 10.0. The van der Waals surface area contributed by atoms with E-state index in [0.29, 0.717) is 36.8 Å². The van der Waals surface area contributed by atoms with Gasteiger partial charge in [0.25, 0.3) is 11.8 Å². The summed E-state index contributed by atoms with van der Waals surface area (Å²) < 4.78 is 5.56. The zero-order valence-corrected chi connectivity index (χ0v) is 18.8. The fraction of sp³-hybridized carbons (Fsp3) is 0.500. The lowest BCUT2D eigenvalue weighted by Crippen LogP contribution is -2.55. The number of anilines is 1. The number of hydrogen-bond donors (Lipinski definition) is 4. The molecule has 13 heteroatoms. The van der Waals surface area contributed by atoms with Gasteiger partial charge < -0.3 is 30.4 Å². The van der Waals surface area contributed by atoms with Gasteiger partial charge >= 0.3 is 5.97 Å². The minimum absolute atomic E-state index is 0.124. The second-order valence-electron chi connectivity index (χ2n) is 6.86. The number of aryl methyl sites for hydroxylation is 1. The summed E-state index contributed by atoms with van der Waals surface area (Å²) in [5, 5.41) is 15.4. The first-order valence-corrected chi connectivity index (χ1v) is 10.8. The molecule has 0 radical (unpaired) electrons. The lowest BCUT2D eigenvalue weighted by Gasteiger charge is -2.37. The Hall–Kier alpha value is -2.70. The molecule has 0 aromatic carbocycles. The number of carboxylic acids is 1. The van der Waals surface area contributed by atoms with Crippen LogP contribution in [0.2, 0.25) is 5.15 Å². The van der Waals surface area contributed by atoms with Crippen LogP contribution < -0.4 is 15.5 Å². The molecule has 168 valence electrons. The number of ether oxygens (including phenoxy) is 1. The van der Waals surface area contributed by atoms with Gasteiger partial charge in [-0.25, -0.2) is 14.8 Å². The number of hydrogen-bond acceptors (Lipinski definition) is 8. The van der Waals surface area contributed by atoms with Crippen molar-refractivity contribution < 1.29 is 24.2 Å². The van der Waals surface area contributed by atoms with Crippen molar-refractivity contribution in [3.8, 4) is 0 Å². The molecule has 2 atom stereocenters. The monoisotopic (exact) mass is 470 g/mol. The molecular formula is C18H23ClN6O5S. The maximum absolute atomic E-state index is 12.6. The number of nitrogens with zero attached hydrogens (tertiary/aromatic N) is 3. The van der Waals surface area contributed by atoms with E-state index in [4.69, 9.17) is 16.3 Å². The first-order chi connectivity index (χ1) is 14.8. The van der Waals surface area contributed by atoms with Gasteiger partial charge in [0.05, 0.1) is 17.8 Å². The number of carbonyl (C=O) groups is 3. The average Bonchev–Trinajstić information content (AvgIpc) is 3.37. The minimum Gasteiger partial charge on any atom is -0.477 e. The van der Waals surface area contributed by atoms with E-state index in [9.17, 15) is 19.5 Å². The number of aromatic carboxylic acids is 1. The number of carboxylic acid groups (broad SMARTS) is 1. The number of halogens is 1. The molecule has 1 saturated heterocycles. The summed E-state index contributed by atoms with van der Waals surface area (Å²) in [4.78, 5) is 49.0. The predicted molar refractivity (Wildman–Crippen MR) is 114 cm³/mol. The van der Waals surface area contributed by atoms with Gasteiger partial charge in [-0.3, -0.25) is 9.59 Å². The number of amides is 2. The summed E-state index contributed by atoms with van der Waals surface area (Å²) in [5.41, 5.74) is 0.565. The van der Waals surface area contributed by atoms with Gasteiger partial charge in [-0.2, -0.15) is 0 Å². The number of rotatable bonds is 7. The molecule has 0 bridgehead atoms. The number of thiazole rings is 1. The van der Waals surface area contributed by atoms with Crippen molar-refractivity contribution in [1.82, 2.24) is 25.6 Å². The second-order valence-corrected chi connectivity index (χ2v) is 8.19. The van der Waals surface area contributed by atoms with Gasteiger partial charge in [0.1, 0.15) is 4.88 Å². The molecular weight excluding hydrogens is 448 g/mol. The Morgan fingerprint density at radius 3 is 2.68 bits per heavy atom. The SMILES string of the molecule is CCc1[nH]c(C(=O)N[C@H]2CCN(c3nc(C(=O)NC)c(C(=O)O)s3)C[C@H]2OC)nc1Cl. The van der Waals surface area contributed by atoms with Crippen LogP contribution in [0.15, 0.2) is 0 Å². The van der Waals surface area contributed by atoms with Crippen LogP contribution in [0.25, 0.3) is 0 Å². The van der Waals surface area contributed by atoms with E-state index in [-0.39, 0.29) is 39.6 Å². The zero-order valence-electron chi connectivity index (χ0n) is 17.2. The highest BCUT2D eigenvalue weighted by Crippen LogP contribution is 2.29. The van der Waals surface area contributed by atoms with Crippen molar-refractivity contribution >= 4 is 45.9 Å². The normalized spacial score (nSPS) is 18.6. The quantitative estimate of drug-likeness (QED) is 0.471. The number of nitrogens with one attached hydrogen (secondary N) is 3. The molecule has 0 unspecified atom stereocenters. The third kappa shape index (κ3) is 4.81. The fourth-order valence-electron chi connectivity index (χ4n) is 3.32. The highest BCUT2D eigenvalue weighted by molar-refractivity contribution is 7.17. The van der Waals surface area contributed by atoms with E-state index >= 15 is 0 Å².